The highest BCUT2D eigenvalue weighted by Gasteiger charge is 2.23. The minimum Gasteiger partial charge on any atom is -0.337 e. The molecule has 132 valence electrons. The van der Waals surface area contributed by atoms with Crippen LogP contribution in [0.3, 0.4) is 0 Å². The van der Waals surface area contributed by atoms with Crippen molar-refractivity contribution in [2.45, 2.75) is 26.2 Å². The summed E-state index contributed by atoms with van der Waals surface area (Å²) in [6.07, 6.45) is 0.812. The van der Waals surface area contributed by atoms with Crippen LogP contribution in [-0.4, -0.2) is 47.8 Å². The quantitative estimate of drug-likeness (QED) is 0.838. The second-order valence-corrected chi connectivity index (χ2v) is 7.64. The molecule has 0 N–H and O–H groups in total. The summed E-state index contributed by atoms with van der Waals surface area (Å²) in [7, 11) is 0. The number of hydrogen-bond acceptors (Lipinski definition) is 3. The molecule has 25 heavy (non-hydrogen) atoms. The molecule has 0 bridgehead atoms. The van der Waals surface area contributed by atoms with Crippen molar-refractivity contribution in [3.05, 3.63) is 57.8 Å². The molecule has 2 heterocycles. The zero-order chi connectivity index (χ0) is 17.8. The molecule has 5 heteroatoms. The monoisotopic (exact) mass is 356 g/mol. The first-order chi connectivity index (χ1) is 12.1. The molecule has 1 aromatic heterocycles. The van der Waals surface area contributed by atoms with Crippen LogP contribution in [0.4, 0.5) is 0 Å². The topological polar surface area (TPSA) is 40.6 Å². The Morgan fingerprint density at radius 3 is 2.12 bits per heavy atom. The molecule has 4 nitrogen and oxygen atoms in total. The van der Waals surface area contributed by atoms with E-state index < -0.39 is 0 Å². The van der Waals surface area contributed by atoms with Crippen molar-refractivity contribution in [2.75, 3.05) is 26.2 Å². The van der Waals surface area contributed by atoms with Gasteiger partial charge in [0.15, 0.2) is 0 Å². The van der Waals surface area contributed by atoms with Crippen molar-refractivity contribution in [2.24, 2.45) is 0 Å². The zero-order valence-electron chi connectivity index (χ0n) is 14.8. The predicted molar refractivity (Wildman–Crippen MR) is 101 cm³/mol. The first kappa shape index (κ1) is 17.7. The lowest BCUT2D eigenvalue weighted by molar-refractivity contribution is 0.0721. The van der Waals surface area contributed by atoms with Crippen LogP contribution in [0.2, 0.25) is 0 Å². The summed E-state index contributed by atoms with van der Waals surface area (Å²) in [4.78, 5) is 29.8. The lowest BCUT2D eigenvalue weighted by Crippen LogP contribution is -2.37. The van der Waals surface area contributed by atoms with Gasteiger partial charge < -0.3 is 9.80 Å². The van der Waals surface area contributed by atoms with E-state index in [1.54, 1.807) is 0 Å². The van der Waals surface area contributed by atoms with E-state index in [-0.39, 0.29) is 11.8 Å². The van der Waals surface area contributed by atoms with Gasteiger partial charge in [0, 0.05) is 31.7 Å². The molecular formula is C20H24N2O2S. The minimum absolute atomic E-state index is 0.0562. The van der Waals surface area contributed by atoms with Crippen LogP contribution < -0.4 is 0 Å². The lowest BCUT2D eigenvalue weighted by atomic mass is 10.0. The van der Waals surface area contributed by atoms with Gasteiger partial charge in [-0.15, -0.1) is 11.3 Å². The first-order valence-electron chi connectivity index (χ1n) is 8.78. The van der Waals surface area contributed by atoms with Crippen LogP contribution >= 0.6 is 11.3 Å². The Balaban J connectivity index is 1.64. The maximum absolute atomic E-state index is 12.8. The molecule has 0 radical (unpaired) electrons. The van der Waals surface area contributed by atoms with E-state index in [4.69, 9.17) is 0 Å². The molecule has 1 aliphatic heterocycles. The largest absolute Gasteiger partial charge is 0.337 e. The number of amides is 2. The highest BCUT2D eigenvalue weighted by Crippen LogP contribution is 2.17. The van der Waals surface area contributed by atoms with Crippen molar-refractivity contribution in [3.63, 3.8) is 0 Å². The molecule has 1 fully saturated rings. The third-order valence-corrected chi connectivity index (χ3v) is 5.48. The van der Waals surface area contributed by atoms with Crippen LogP contribution in [-0.2, 0) is 0 Å². The molecule has 2 aromatic rings. The summed E-state index contributed by atoms with van der Waals surface area (Å²) in [6.45, 7) is 6.86. The van der Waals surface area contributed by atoms with Crippen LogP contribution in [0.25, 0.3) is 0 Å². The Morgan fingerprint density at radius 1 is 0.920 bits per heavy atom. The molecule has 0 spiro atoms. The van der Waals surface area contributed by atoms with Gasteiger partial charge >= 0.3 is 0 Å². The highest BCUT2D eigenvalue weighted by molar-refractivity contribution is 7.12. The van der Waals surface area contributed by atoms with Gasteiger partial charge in [-0.3, -0.25) is 9.59 Å². The van der Waals surface area contributed by atoms with E-state index in [9.17, 15) is 9.59 Å². The van der Waals surface area contributed by atoms with Crippen molar-refractivity contribution in [1.82, 2.24) is 9.80 Å². The maximum atomic E-state index is 12.8. The summed E-state index contributed by atoms with van der Waals surface area (Å²) < 4.78 is 0. The predicted octanol–water partition coefficient (Wildman–Crippen LogP) is 3.86. The number of rotatable bonds is 3. The summed E-state index contributed by atoms with van der Waals surface area (Å²) in [5, 5.41) is 1.92. The second-order valence-electron chi connectivity index (χ2n) is 6.69. The maximum Gasteiger partial charge on any atom is 0.263 e. The van der Waals surface area contributed by atoms with Gasteiger partial charge in [0.2, 0.25) is 0 Å². The van der Waals surface area contributed by atoms with E-state index >= 15 is 0 Å². The van der Waals surface area contributed by atoms with Crippen LogP contribution in [0, 0.1) is 0 Å². The molecule has 3 rings (SSSR count). The molecule has 0 atom stereocenters. The van der Waals surface area contributed by atoms with Gasteiger partial charge in [-0.25, -0.2) is 0 Å². The molecule has 0 aliphatic carbocycles. The summed E-state index contributed by atoms with van der Waals surface area (Å²) in [5.74, 6) is 0.588. The highest BCUT2D eigenvalue weighted by atomic mass is 32.1. The Labute approximate surface area is 153 Å². The molecule has 1 aromatic carbocycles. The van der Waals surface area contributed by atoms with Gasteiger partial charge in [-0.05, 0) is 41.5 Å². The third kappa shape index (κ3) is 4.10. The van der Waals surface area contributed by atoms with Crippen LogP contribution in [0.15, 0.2) is 41.8 Å². The van der Waals surface area contributed by atoms with Gasteiger partial charge in [0.1, 0.15) is 0 Å². The van der Waals surface area contributed by atoms with Gasteiger partial charge in [0.05, 0.1) is 4.88 Å². The Bertz CT molecular complexity index is 723. The number of thiophene rings is 1. The van der Waals surface area contributed by atoms with Crippen LogP contribution in [0.1, 0.15) is 51.8 Å². The van der Waals surface area contributed by atoms with Crippen molar-refractivity contribution in [1.29, 1.82) is 0 Å². The normalized spacial score (nSPS) is 15.3. The number of carbonyl (C=O) groups is 2. The first-order valence-corrected chi connectivity index (χ1v) is 9.66. The van der Waals surface area contributed by atoms with E-state index in [0.717, 1.165) is 16.9 Å². The Morgan fingerprint density at radius 2 is 1.56 bits per heavy atom. The number of nitrogens with zero attached hydrogens (tertiary/aromatic N) is 2. The number of hydrogen-bond donors (Lipinski definition) is 0. The van der Waals surface area contributed by atoms with Gasteiger partial charge in [-0.1, -0.05) is 32.0 Å². The van der Waals surface area contributed by atoms with Crippen molar-refractivity contribution >= 4 is 23.2 Å². The molecule has 1 saturated heterocycles. The standard InChI is InChI=1S/C20H24N2O2S/c1-15(2)16-6-8-17(9-7-16)19(23)21-10-4-11-22(13-12-21)20(24)18-5-3-14-25-18/h3,5-9,14-15H,4,10-13H2,1-2H3. The van der Waals surface area contributed by atoms with E-state index in [1.807, 2.05) is 51.6 Å². The van der Waals surface area contributed by atoms with Crippen molar-refractivity contribution in [3.8, 4) is 0 Å². The molecule has 2 amide bonds. The molecular weight excluding hydrogens is 332 g/mol. The van der Waals surface area contributed by atoms with Gasteiger partial charge in [0.25, 0.3) is 11.8 Å². The summed E-state index contributed by atoms with van der Waals surface area (Å²) in [5.41, 5.74) is 1.96. The number of carbonyl (C=O) groups excluding carboxylic acids is 2. The van der Waals surface area contributed by atoms with E-state index in [1.165, 1.54) is 16.9 Å². The van der Waals surface area contributed by atoms with Gasteiger partial charge in [-0.2, -0.15) is 0 Å². The Hall–Kier alpha value is -2.14. The fraction of sp³-hybridized carbons (Fsp3) is 0.400. The fourth-order valence-electron chi connectivity index (χ4n) is 3.07. The SMILES string of the molecule is CC(C)c1ccc(C(=O)N2CCCN(C(=O)c3cccs3)CC2)cc1. The molecule has 1 aliphatic rings. The van der Waals surface area contributed by atoms with Crippen molar-refractivity contribution < 1.29 is 9.59 Å². The minimum atomic E-state index is 0.0562. The van der Waals surface area contributed by atoms with E-state index in [2.05, 4.69) is 13.8 Å². The smallest absolute Gasteiger partial charge is 0.263 e. The molecule has 0 unspecified atom stereocenters. The van der Waals surface area contributed by atoms with E-state index in [0.29, 0.717) is 32.1 Å². The fourth-order valence-corrected chi connectivity index (χ4v) is 3.76. The number of benzene rings is 1. The Kier molecular flexibility index (Phi) is 5.53. The average Bonchev–Trinajstić information content (AvgIpc) is 3.05. The molecule has 0 saturated carbocycles. The average molecular weight is 356 g/mol. The third-order valence-electron chi connectivity index (χ3n) is 4.63. The lowest BCUT2D eigenvalue weighted by Gasteiger charge is -2.22. The zero-order valence-corrected chi connectivity index (χ0v) is 15.6. The van der Waals surface area contributed by atoms with Crippen LogP contribution in [0.5, 0.6) is 0 Å². The second kappa shape index (κ2) is 7.83. The summed E-state index contributed by atoms with van der Waals surface area (Å²) >= 11 is 1.47. The summed E-state index contributed by atoms with van der Waals surface area (Å²) in [6, 6.07) is 11.6.